The Hall–Kier alpha value is -0.920. The minimum absolute atomic E-state index is 0.0934. The largest absolute Gasteiger partial charge is 0.353 e. The number of hydrogen-bond donors (Lipinski definition) is 1. The van der Waals surface area contributed by atoms with Gasteiger partial charge in [-0.15, -0.1) is 0 Å². The zero-order chi connectivity index (χ0) is 18.0. The van der Waals surface area contributed by atoms with E-state index in [-0.39, 0.29) is 11.7 Å². The molecule has 1 fully saturated rings. The van der Waals surface area contributed by atoms with Crippen LogP contribution in [0.1, 0.15) is 39.5 Å². The third kappa shape index (κ3) is 10.1. The van der Waals surface area contributed by atoms with E-state index in [1.165, 1.54) is 0 Å². The minimum Gasteiger partial charge on any atom is -0.353 e. The van der Waals surface area contributed by atoms with Crippen LogP contribution < -0.4 is 5.32 Å². The van der Waals surface area contributed by atoms with E-state index in [1.807, 2.05) is 19.3 Å². The lowest BCUT2D eigenvalue weighted by Crippen LogP contribution is -2.36. The lowest BCUT2D eigenvalue weighted by atomic mass is 9.87. The number of allylic oxidation sites excluding steroid dienone is 1. The topological polar surface area (TPSA) is 74.1 Å². The van der Waals surface area contributed by atoms with E-state index >= 15 is 0 Å². The van der Waals surface area contributed by atoms with E-state index in [1.54, 1.807) is 12.7 Å². The normalized spacial score (nSPS) is 23.2. The van der Waals surface area contributed by atoms with Crippen LogP contribution in [0.3, 0.4) is 0 Å². The Labute approximate surface area is 150 Å². The predicted octanol–water partition coefficient (Wildman–Crippen LogP) is 2.82. The van der Waals surface area contributed by atoms with Crippen molar-refractivity contribution in [2.75, 3.05) is 19.5 Å². The molecule has 1 N–H and O–H groups in total. The molecule has 1 aliphatic carbocycles. The van der Waals surface area contributed by atoms with Crippen molar-refractivity contribution in [3.63, 3.8) is 0 Å². The van der Waals surface area contributed by atoms with Crippen LogP contribution in [0.5, 0.6) is 0 Å². The molecule has 0 aliphatic heterocycles. The van der Waals surface area contributed by atoms with Gasteiger partial charge in [0.1, 0.15) is 6.34 Å². The van der Waals surface area contributed by atoms with Gasteiger partial charge in [0.25, 0.3) is 0 Å². The van der Waals surface area contributed by atoms with Crippen molar-refractivity contribution in [1.29, 1.82) is 0 Å². The van der Waals surface area contributed by atoms with Crippen LogP contribution in [0.15, 0.2) is 22.3 Å². The molecule has 1 rings (SSSR count). The number of nitrogens with one attached hydrogen (secondary N) is 1. The van der Waals surface area contributed by atoms with E-state index in [9.17, 15) is 8.42 Å². The number of rotatable bonds is 9. The van der Waals surface area contributed by atoms with Gasteiger partial charge in [-0.1, -0.05) is 19.9 Å². The number of aliphatic imine (C=N–C) groups is 2. The van der Waals surface area contributed by atoms with Crippen molar-refractivity contribution in [1.82, 2.24) is 10.2 Å². The molecule has 8 heteroatoms. The van der Waals surface area contributed by atoms with Crippen LogP contribution in [0, 0.1) is 11.8 Å². The van der Waals surface area contributed by atoms with Gasteiger partial charge < -0.3 is 5.32 Å². The van der Waals surface area contributed by atoms with Gasteiger partial charge in [0.15, 0.2) is 0 Å². The second-order valence-corrected chi connectivity index (χ2v) is 9.45. The van der Waals surface area contributed by atoms with Gasteiger partial charge in [0, 0.05) is 16.7 Å². The highest BCUT2D eigenvalue weighted by atomic mass is 35.7. The Morgan fingerprint density at radius 1 is 1.29 bits per heavy atom. The summed E-state index contributed by atoms with van der Waals surface area (Å²) in [6, 6.07) is 0.438. The second-order valence-electron chi connectivity index (χ2n) is 6.62. The average Bonchev–Trinajstić information content (AvgIpc) is 2.48. The summed E-state index contributed by atoms with van der Waals surface area (Å²) in [6.07, 6.45) is 10.8. The molecule has 0 saturated heterocycles. The molecule has 0 atom stereocenters. The summed E-state index contributed by atoms with van der Waals surface area (Å²) in [5.41, 5.74) is 0. The van der Waals surface area contributed by atoms with Gasteiger partial charge in [-0.2, -0.15) is 0 Å². The minimum atomic E-state index is -3.39. The summed E-state index contributed by atoms with van der Waals surface area (Å²) in [6.45, 7) is 4.80. The van der Waals surface area contributed by atoms with Crippen molar-refractivity contribution < 1.29 is 8.42 Å². The zero-order valence-corrected chi connectivity index (χ0v) is 16.3. The summed E-state index contributed by atoms with van der Waals surface area (Å²) in [4.78, 5) is 10.5. The third-order valence-electron chi connectivity index (χ3n) is 4.05. The van der Waals surface area contributed by atoms with Crippen LogP contribution in [-0.2, 0) is 9.05 Å². The number of nitrogens with zero attached hydrogens (tertiary/aromatic N) is 3. The molecule has 24 heavy (non-hydrogen) atoms. The van der Waals surface area contributed by atoms with Crippen LogP contribution in [0.4, 0.5) is 0 Å². The molecule has 0 bridgehead atoms. The van der Waals surface area contributed by atoms with Gasteiger partial charge in [-0.3, -0.25) is 9.89 Å². The Kier molecular flexibility index (Phi) is 9.54. The first-order chi connectivity index (χ1) is 11.3. The summed E-state index contributed by atoms with van der Waals surface area (Å²) in [7, 11) is 3.98. The predicted molar refractivity (Wildman–Crippen MR) is 102 cm³/mol. The summed E-state index contributed by atoms with van der Waals surface area (Å²) in [5, 5.41) is 2.95. The van der Waals surface area contributed by atoms with Gasteiger partial charge in [0.2, 0.25) is 9.05 Å². The molecule has 0 unspecified atom stereocenters. The van der Waals surface area contributed by atoms with Crippen molar-refractivity contribution in [3.8, 4) is 0 Å². The lowest BCUT2D eigenvalue weighted by molar-refractivity contribution is 0.175. The lowest BCUT2D eigenvalue weighted by Gasteiger charge is -2.33. The molecule has 0 aromatic carbocycles. The first kappa shape index (κ1) is 21.1. The van der Waals surface area contributed by atoms with Gasteiger partial charge in [0.05, 0.1) is 18.8 Å². The fourth-order valence-corrected chi connectivity index (χ4v) is 4.16. The highest BCUT2D eigenvalue weighted by molar-refractivity contribution is 8.13. The third-order valence-corrected chi connectivity index (χ3v) is 5.30. The quantitative estimate of drug-likeness (QED) is 0.381. The second kappa shape index (κ2) is 10.8. The summed E-state index contributed by atoms with van der Waals surface area (Å²) >= 11 is 0. The average molecular weight is 377 g/mol. The highest BCUT2D eigenvalue weighted by Crippen LogP contribution is 2.28. The Morgan fingerprint density at radius 2 is 1.96 bits per heavy atom. The van der Waals surface area contributed by atoms with Crippen LogP contribution in [0.2, 0.25) is 0 Å². The fraction of sp³-hybridized carbons (Fsp3) is 0.750. The summed E-state index contributed by atoms with van der Waals surface area (Å²) in [5.74, 6) is 0.791. The van der Waals surface area contributed by atoms with Crippen molar-refractivity contribution in [2.45, 2.75) is 45.6 Å². The Morgan fingerprint density at radius 3 is 2.54 bits per heavy atom. The highest BCUT2D eigenvalue weighted by Gasteiger charge is 2.26. The Balaban J connectivity index is 2.23. The van der Waals surface area contributed by atoms with E-state index < -0.39 is 9.05 Å². The molecular weight excluding hydrogens is 348 g/mol. The van der Waals surface area contributed by atoms with Crippen molar-refractivity contribution >= 4 is 32.4 Å². The van der Waals surface area contributed by atoms with Gasteiger partial charge in [-0.05, 0) is 50.8 Å². The molecule has 0 heterocycles. The maximum atomic E-state index is 11.1. The van der Waals surface area contributed by atoms with E-state index in [0.29, 0.717) is 18.6 Å². The molecule has 0 aromatic heterocycles. The van der Waals surface area contributed by atoms with Crippen LogP contribution in [-0.4, -0.2) is 51.5 Å². The van der Waals surface area contributed by atoms with E-state index in [2.05, 4.69) is 34.0 Å². The molecule has 0 spiro atoms. The molecule has 0 radical (unpaired) electrons. The van der Waals surface area contributed by atoms with E-state index in [0.717, 1.165) is 25.7 Å². The molecule has 0 amide bonds. The summed E-state index contributed by atoms with van der Waals surface area (Å²) < 4.78 is 22.3. The molecule has 0 aromatic rings. The maximum absolute atomic E-state index is 11.1. The monoisotopic (exact) mass is 376 g/mol. The number of halogens is 1. The molecule has 138 valence electrons. The van der Waals surface area contributed by atoms with Crippen molar-refractivity contribution in [2.24, 2.45) is 21.8 Å². The zero-order valence-electron chi connectivity index (χ0n) is 14.7. The fourth-order valence-electron chi connectivity index (χ4n) is 2.73. The van der Waals surface area contributed by atoms with Crippen LogP contribution >= 0.6 is 10.7 Å². The van der Waals surface area contributed by atoms with E-state index in [4.69, 9.17) is 10.7 Å². The first-order valence-electron chi connectivity index (χ1n) is 8.33. The van der Waals surface area contributed by atoms with Crippen LogP contribution in [0.25, 0.3) is 0 Å². The molecule has 1 aliphatic rings. The number of hydrogen-bond acceptors (Lipinski definition) is 4. The standard InChI is InChI=1S/C16H29ClN4O2S/c1-14(2)8-9-18-11-19-12-20-13-21(3)16-6-4-15(5-7-16)10-24(17,22)23/h8-9,11-12,14-16H,4-7,10,13H2,1-3H3,(H,18,19,20)/b9-8-/t15-,16-. The molecule has 1 saturated carbocycles. The van der Waals surface area contributed by atoms with Crippen molar-refractivity contribution in [3.05, 3.63) is 12.3 Å². The van der Waals surface area contributed by atoms with Gasteiger partial charge >= 0.3 is 0 Å². The SMILES string of the molecule is CC(C)/C=C\N/C=N/C=N\CN(C)[C@H]1CC[C@H](CS(=O)(=O)Cl)CC1. The van der Waals surface area contributed by atoms with Gasteiger partial charge in [-0.25, -0.2) is 13.4 Å². The Bertz CT molecular complexity index is 538. The maximum Gasteiger partial charge on any atom is 0.232 e. The smallest absolute Gasteiger partial charge is 0.232 e. The molecule has 6 nitrogen and oxygen atoms in total. The molecular formula is C16H29ClN4O2S. The first-order valence-corrected chi connectivity index (χ1v) is 10.8.